The predicted molar refractivity (Wildman–Crippen MR) is 34.8 cm³/mol. The van der Waals surface area contributed by atoms with Crippen LogP contribution in [0.5, 0.6) is 0 Å². The SMILES string of the molecule is O.O=C[C@H](O)[C@@H](O)[C@@H](O)CO. The summed E-state index contributed by atoms with van der Waals surface area (Å²) >= 11 is 0. The average molecular weight is 168 g/mol. The van der Waals surface area contributed by atoms with Gasteiger partial charge in [-0.1, -0.05) is 0 Å². The van der Waals surface area contributed by atoms with Gasteiger partial charge in [0.25, 0.3) is 0 Å². The molecule has 68 valence electrons. The summed E-state index contributed by atoms with van der Waals surface area (Å²) in [5.74, 6) is 0. The summed E-state index contributed by atoms with van der Waals surface area (Å²) in [5.41, 5.74) is 0. The maximum absolute atomic E-state index is 9.76. The van der Waals surface area contributed by atoms with Gasteiger partial charge >= 0.3 is 0 Å². The van der Waals surface area contributed by atoms with Crippen LogP contribution >= 0.6 is 0 Å². The molecule has 0 bridgehead atoms. The van der Waals surface area contributed by atoms with Crippen molar-refractivity contribution in [3.63, 3.8) is 0 Å². The van der Waals surface area contributed by atoms with Crippen molar-refractivity contribution < 1.29 is 30.7 Å². The Kier molecular flexibility index (Phi) is 7.37. The van der Waals surface area contributed by atoms with Gasteiger partial charge in [-0.25, -0.2) is 0 Å². The van der Waals surface area contributed by atoms with Crippen LogP contribution in [0.15, 0.2) is 0 Å². The molecule has 0 aromatic rings. The zero-order valence-corrected chi connectivity index (χ0v) is 5.71. The van der Waals surface area contributed by atoms with E-state index in [-0.39, 0.29) is 11.8 Å². The summed E-state index contributed by atoms with van der Waals surface area (Å²) in [7, 11) is 0. The maximum atomic E-state index is 9.76. The van der Waals surface area contributed by atoms with E-state index >= 15 is 0 Å². The van der Waals surface area contributed by atoms with E-state index in [0.717, 1.165) is 0 Å². The Morgan fingerprint density at radius 3 is 2.00 bits per heavy atom. The van der Waals surface area contributed by atoms with Crippen LogP contribution in [0, 0.1) is 0 Å². The molecule has 0 amide bonds. The molecule has 0 saturated heterocycles. The number of aliphatic hydroxyl groups excluding tert-OH is 4. The largest absolute Gasteiger partial charge is 0.412 e. The topological polar surface area (TPSA) is 129 Å². The number of aliphatic hydroxyl groups is 4. The van der Waals surface area contributed by atoms with Crippen LogP contribution in [-0.2, 0) is 4.79 Å². The number of carbonyl (C=O) groups is 1. The van der Waals surface area contributed by atoms with E-state index < -0.39 is 24.9 Å². The van der Waals surface area contributed by atoms with Crippen molar-refractivity contribution >= 4 is 6.29 Å². The Labute approximate surface area is 63.0 Å². The minimum Gasteiger partial charge on any atom is -0.412 e. The lowest BCUT2D eigenvalue weighted by Gasteiger charge is -2.16. The van der Waals surface area contributed by atoms with Crippen LogP contribution in [0.2, 0.25) is 0 Å². The van der Waals surface area contributed by atoms with Crippen molar-refractivity contribution in [2.45, 2.75) is 18.3 Å². The van der Waals surface area contributed by atoms with Gasteiger partial charge in [0.05, 0.1) is 6.61 Å². The van der Waals surface area contributed by atoms with Gasteiger partial charge in [-0.05, 0) is 0 Å². The number of hydrogen-bond acceptors (Lipinski definition) is 5. The van der Waals surface area contributed by atoms with Crippen LogP contribution in [0.25, 0.3) is 0 Å². The Morgan fingerprint density at radius 1 is 1.27 bits per heavy atom. The van der Waals surface area contributed by atoms with Crippen molar-refractivity contribution in [1.82, 2.24) is 0 Å². The lowest BCUT2D eigenvalue weighted by atomic mass is 10.1. The van der Waals surface area contributed by atoms with Gasteiger partial charge in [0.2, 0.25) is 0 Å². The lowest BCUT2D eigenvalue weighted by molar-refractivity contribution is -0.127. The Balaban J connectivity index is 0. The predicted octanol–water partition coefficient (Wildman–Crippen LogP) is -3.56. The van der Waals surface area contributed by atoms with Crippen LogP contribution in [0.4, 0.5) is 0 Å². The molecule has 0 unspecified atom stereocenters. The molecule has 0 radical (unpaired) electrons. The van der Waals surface area contributed by atoms with Crippen LogP contribution < -0.4 is 0 Å². The number of aldehydes is 1. The minimum atomic E-state index is -1.64. The number of hydrogen-bond donors (Lipinski definition) is 4. The molecule has 0 aliphatic carbocycles. The molecule has 6 N–H and O–H groups in total. The first-order valence-electron chi connectivity index (χ1n) is 2.73. The second kappa shape index (κ2) is 6.20. The molecular formula is C5H12O6. The molecule has 0 rings (SSSR count). The highest BCUT2D eigenvalue weighted by Crippen LogP contribution is 1.96. The first kappa shape index (κ1) is 13.1. The fourth-order valence-electron chi connectivity index (χ4n) is 0.416. The average Bonchev–Trinajstić information content (AvgIpc) is 2.00. The molecule has 0 aliphatic rings. The van der Waals surface area contributed by atoms with Gasteiger partial charge < -0.3 is 30.7 Å². The monoisotopic (exact) mass is 168 g/mol. The summed E-state index contributed by atoms with van der Waals surface area (Å²) < 4.78 is 0. The third-order valence-electron chi connectivity index (χ3n) is 1.07. The van der Waals surface area contributed by atoms with Gasteiger partial charge in [0, 0.05) is 0 Å². The van der Waals surface area contributed by atoms with Crippen molar-refractivity contribution in [3.8, 4) is 0 Å². The van der Waals surface area contributed by atoms with E-state index in [9.17, 15) is 4.79 Å². The smallest absolute Gasteiger partial charge is 0.151 e. The standard InChI is InChI=1S/C5H10O5.H2O/c6-1-3(8)5(10)4(9)2-7;/h1,3-5,7-10H,2H2;1H2/t3-,4-,5+;/m0./s1. The molecule has 0 fully saturated rings. The molecule has 6 nitrogen and oxygen atoms in total. The summed E-state index contributed by atoms with van der Waals surface area (Å²) in [4.78, 5) is 9.76. The third-order valence-corrected chi connectivity index (χ3v) is 1.07. The highest BCUT2D eigenvalue weighted by Gasteiger charge is 2.22. The van der Waals surface area contributed by atoms with Crippen molar-refractivity contribution in [2.75, 3.05) is 6.61 Å². The molecule has 0 aromatic heterocycles. The van der Waals surface area contributed by atoms with E-state index in [1.807, 2.05) is 0 Å². The lowest BCUT2D eigenvalue weighted by Crippen LogP contribution is -2.40. The number of rotatable bonds is 4. The molecular weight excluding hydrogens is 156 g/mol. The summed E-state index contributed by atoms with van der Waals surface area (Å²) in [6.45, 7) is -0.688. The molecule has 6 heteroatoms. The van der Waals surface area contributed by atoms with Crippen molar-refractivity contribution in [3.05, 3.63) is 0 Å². The zero-order valence-electron chi connectivity index (χ0n) is 5.71. The zero-order chi connectivity index (χ0) is 8.15. The second-order valence-electron chi connectivity index (χ2n) is 1.87. The first-order chi connectivity index (χ1) is 4.63. The fraction of sp³-hybridized carbons (Fsp3) is 0.800. The van der Waals surface area contributed by atoms with E-state index in [1.165, 1.54) is 0 Å². The highest BCUT2D eigenvalue weighted by atomic mass is 16.4. The van der Waals surface area contributed by atoms with E-state index in [1.54, 1.807) is 0 Å². The van der Waals surface area contributed by atoms with Gasteiger partial charge in [0.15, 0.2) is 6.29 Å². The molecule has 0 heterocycles. The van der Waals surface area contributed by atoms with E-state index in [4.69, 9.17) is 20.4 Å². The molecule has 0 saturated carbocycles. The van der Waals surface area contributed by atoms with Gasteiger partial charge in [-0.3, -0.25) is 0 Å². The molecule has 0 spiro atoms. The minimum absolute atomic E-state index is 0. The summed E-state index contributed by atoms with van der Waals surface area (Å²) in [6, 6.07) is 0. The fourth-order valence-corrected chi connectivity index (χ4v) is 0.416. The molecule has 3 atom stereocenters. The molecule has 0 aromatic carbocycles. The highest BCUT2D eigenvalue weighted by molar-refractivity contribution is 5.56. The summed E-state index contributed by atoms with van der Waals surface area (Å²) in [5, 5.41) is 34.1. The van der Waals surface area contributed by atoms with Crippen LogP contribution in [0.1, 0.15) is 0 Å². The number of carbonyl (C=O) groups excluding carboxylic acids is 1. The van der Waals surface area contributed by atoms with Crippen LogP contribution in [-0.4, -0.2) is 57.1 Å². The van der Waals surface area contributed by atoms with Gasteiger partial charge in [-0.15, -0.1) is 0 Å². The van der Waals surface area contributed by atoms with Crippen LogP contribution in [0.3, 0.4) is 0 Å². The maximum Gasteiger partial charge on any atom is 0.151 e. The third kappa shape index (κ3) is 4.02. The van der Waals surface area contributed by atoms with E-state index in [0.29, 0.717) is 0 Å². The second-order valence-corrected chi connectivity index (χ2v) is 1.87. The molecule has 11 heavy (non-hydrogen) atoms. The molecule has 0 aliphatic heterocycles. The van der Waals surface area contributed by atoms with Crippen molar-refractivity contribution in [1.29, 1.82) is 0 Å². The van der Waals surface area contributed by atoms with E-state index in [2.05, 4.69) is 0 Å². The van der Waals surface area contributed by atoms with Gasteiger partial charge in [-0.2, -0.15) is 0 Å². The Bertz CT molecular complexity index is 105. The quantitative estimate of drug-likeness (QED) is 0.323. The normalized spacial score (nSPS) is 17.8. The van der Waals surface area contributed by atoms with Crippen molar-refractivity contribution in [2.24, 2.45) is 0 Å². The Hall–Kier alpha value is -0.530. The summed E-state index contributed by atoms with van der Waals surface area (Å²) in [6.07, 6.45) is -4.63. The Morgan fingerprint density at radius 2 is 1.73 bits per heavy atom. The first-order valence-corrected chi connectivity index (χ1v) is 2.73. The van der Waals surface area contributed by atoms with Gasteiger partial charge in [0.1, 0.15) is 18.3 Å².